The Bertz CT molecular complexity index is 2650. The lowest BCUT2D eigenvalue weighted by atomic mass is 9.89. The number of aromatic nitrogens is 5. The number of benzene rings is 2. The SMILES string of the molecule is CC(C1CCN(c2ncc(Cl)c(Nc3ccc4c(c3)c3c(c(=O)n4C)OCC(F)(F)[C@H](C4CC4)N3)n2)CC1)N1CCN(c2cccc3c(C4CCC(=O)NC4=O)nn(C)c23)CC1. The number of rotatable bonds is 8. The fourth-order valence-electron chi connectivity index (χ4n) is 10.1. The largest absolute Gasteiger partial charge is 0.480 e. The molecule has 5 aromatic rings. The number of piperazine rings is 1. The zero-order chi connectivity index (χ0) is 43.0. The van der Waals surface area contributed by atoms with E-state index in [-0.39, 0.29) is 29.2 Å². The lowest BCUT2D eigenvalue weighted by Gasteiger charge is -2.44. The summed E-state index contributed by atoms with van der Waals surface area (Å²) in [4.78, 5) is 54.5. The third-order valence-electron chi connectivity index (χ3n) is 13.8. The standard InChI is InChI=1S/C44H50ClF2N11O4/c1-24(56-17-19-57(20-18-56)33-6-4-5-28-35(53-55(3)37(28)33)29-10-12-34(59)50-41(29)60)25-13-15-58(16-14-25)43-48-22-31(45)40(52-43)49-27-9-11-32-30(21-27)36-38(42(61)54(32)2)62-23-44(46,47)39(51-36)26-7-8-26/h4-6,9,11,21-22,24-26,29,39,51H,7-8,10,12-20,23H2,1-3H3,(H,48,49,52)(H,50,59,60)/t24?,29?,39-/m0/s1. The lowest BCUT2D eigenvalue weighted by Crippen LogP contribution is -2.53. The summed E-state index contributed by atoms with van der Waals surface area (Å²) in [6, 6.07) is 10.8. The van der Waals surface area contributed by atoms with E-state index in [1.54, 1.807) is 25.4 Å². The molecule has 3 atom stereocenters. The number of hydrogen-bond donors (Lipinski definition) is 3. The van der Waals surface area contributed by atoms with Crippen molar-refractivity contribution < 1.29 is 23.1 Å². The van der Waals surface area contributed by atoms with Gasteiger partial charge in [-0.05, 0) is 75.1 Å². The van der Waals surface area contributed by atoms with Gasteiger partial charge in [0.15, 0.2) is 12.4 Å². The second-order valence-corrected chi connectivity index (χ2v) is 18.0. The zero-order valence-electron chi connectivity index (χ0n) is 35.0. The van der Waals surface area contributed by atoms with E-state index < -0.39 is 30.0 Å². The lowest BCUT2D eigenvalue weighted by molar-refractivity contribution is -0.134. The highest BCUT2D eigenvalue weighted by Gasteiger charge is 2.51. The van der Waals surface area contributed by atoms with E-state index in [9.17, 15) is 14.4 Å². The third kappa shape index (κ3) is 7.25. The molecule has 15 nitrogen and oxygen atoms in total. The number of ether oxygens (including phenoxy) is 1. The Hall–Kier alpha value is -5.55. The number of anilines is 5. The molecule has 4 aliphatic heterocycles. The van der Waals surface area contributed by atoms with Gasteiger partial charge in [-0.2, -0.15) is 10.1 Å². The van der Waals surface area contributed by atoms with Crippen molar-refractivity contribution in [2.45, 2.75) is 69.4 Å². The van der Waals surface area contributed by atoms with Crippen LogP contribution in [0, 0.1) is 11.8 Å². The van der Waals surface area contributed by atoms with Gasteiger partial charge >= 0.3 is 5.92 Å². The average Bonchev–Trinajstić information content (AvgIpc) is 4.07. The number of pyridine rings is 1. The van der Waals surface area contributed by atoms with Crippen molar-refractivity contribution in [3.8, 4) is 5.75 Å². The first kappa shape index (κ1) is 40.5. The molecule has 3 saturated heterocycles. The number of nitrogens with zero attached hydrogens (tertiary/aromatic N) is 8. The van der Waals surface area contributed by atoms with Crippen molar-refractivity contribution in [1.29, 1.82) is 0 Å². The van der Waals surface area contributed by atoms with Gasteiger partial charge in [0, 0.05) is 82.3 Å². The fourth-order valence-corrected chi connectivity index (χ4v) is 10.2. The Morgan fingerprint density at radius 3 is 2.47 bits per heavy atom. The number of para-hydroxylation sites is 1. The molecule has 0 bridgehead atoms. The Kier molecular flexibility index (Phi) is 10.2. The number of aryl methyl sites for hydroxylation is 2. The van der Waals surface area contributed by atoms with Crippen LogP contribution in [0.4, 0.5) is 37.6 Å². The normalized spacial score (nSPS) is 22.8. The molecule has 62 heavy (non-hydrogen) atoms. The first-order valence-corrected chi connectivity index (χ1v) is 22.0. The highest BCUT2D eigenvalue weighted by Crippen LogP contribution is 2.46. The number of amides is 2. The molecule has 3 aromatic heterocycles. The summed E-state index contributed by atoms with van der Waals surface area (Å²) in [5.41, 5.74) is 3.84. The third-order valence-corrected chi connectivity index (χ3v) is 14.1. The molecule has 18 heteroatoms. The van der Waals surface area contributed by atoms with Gasteiger partial charge in [-0.3, -0.25) is 29.3 Å². The van der Waals surface area contributed by atoms with Gasteiger partial charge in [0.2, 0.25) is 23.5 Å². The van der Waals surface area contributed by atoms with Crippen molar-refractivity contribution in [1.82, 2.24) is 34.5 Å². The van der Waals surface area contributed by atoms with E-state index >= 15 is 8.78 Å². The zero-order valence-corrected chi connectivity index (χ0v) is 35.7. The number of nitrogens with one attached hydrogen (secondary N) is 3. The molecule has 2 amide bonds. The number of hydrogen-bond acceptors (Lipinski definition) is 12. The van der Waals surface area contributed by atoms with Gasteiger partial charge < -0.3 is 29.7 Å². The molecule has 4 fully saturated rings. The molecule has 3 N–H and O–H groups in total. The predicted octanol–water partition coefficient (Wildman–Crippen LogP) is 5.78. The van der Waals surface area contributed by atoms with Crippen LogP contribution >= 0.6 is 11.6 Å². The van der Waals surface area contributed by atoms with E-state index in [1.807, 2.05) is 29.9 Å². The molecule has 1 aliphatic carbocycles. The molecule has 1 saturated carbocycles. The summed E-state index contributed by atoms with van der Waals surface area (Å²) in [7, 11) is 3.53. The van der Waals surface area contributed by atoms with Crippen LogP contribution in [0.15, 0.2) is 47.4 Å². The van der Waals surface area contributed by atoms with Crippen LogP contribution in [-0.4, -0.2) is 105 Å². The number of halogens is 3. The molecule has 2 aromatic carbocycles. The van der Waals surface area contributed by atoms with Crippen LogP contribution in [0.5, 0.6) is 5.75 Å². The minimum atomic E-state index is -3.13. The molecule has 326 valence electrons. The first-order chi connectivity index (χ1) is 29.8. The van der Waals surface area contributed by atoms with E-state index in [4.69, 9.17) is 26.4 Å². The summed E-state index contributed by atoms with van der Waals surface area (Å²) in [6.07, 6.45) is 5.74. The summed E-state index contributed by atoms with van der Waals surface area (Å²) in [5.74, 6) is -2.88. The minimum absolute atomic E-state index is 0.107. The maximum atomic E-state index is 15.2. The van der Waals surface area contributed by atoms with Gasteiger partial charge in [0.1, 0.15) is 5.02 Å². The number of alkyl halides is 2. The first-order valence-electron chi connectivity index (χ1n) is 21.6. The smallest absolute Gasteiger partial charge is 0.301 e. The van der Waals surface area contributed by atoms with Gasteiger partial charge in [0.05, 0.1) is 46.3 Å². The summed E-state index contributed by atoms with van der Waals surface area (Å²) < 4.78 is 39.2. The number of fused-ring (bicyclic) bond motifs is 4. The Morgan fingerprint density at radius 2 is 1.73 bits per heavy atom. The van der Waals surface area contributed by atoms with Gasteiger partial charge in [-0.15, -0.1) is 0 Å². The molecule has 7 heterocycles. The number of carbonyl (C=O) groups is 2. The fraction of sp³-hybridized carbons (Fsp3) is 0.500. The Labute approximate surface area is 361 Å². The second kappa shape index (κ2) is 15.7. The highest BCUT2D eigenvalue weighted by atomic mass is 35.5. The van der Waals surface area contributed by atoms with Crippen LogP contribution in [0.3, 0.4) is 0 Å². The predicted molar refractivity (Wildman–Crippen MR) is 234 cm³/mol. The minimum Gasteiger partial charge on any atom is -0.480 e. The van der Waals surface area contributed by atoms with Crippen LogP contribution in [-0.2, 0) is 23.7 Å². The summed E-state index contributed by atoms with van der Waals surface area (Å²) in [6.45, 7) is 6.66. The second-order valence-electron chi connectivity index (χ2n) is 17.6. The quantitative estimate of drug-likeness (QED) is 0.162. The maximum Gasteiger partial charge on any atom is 0.301 e. The van der Waals surface area contributed by atoms with Crippen LogP contribution in [0.25, 0.3) is 21.8 Å². The number of imide groups is 1. The molecule has 10 rings (SSSR count). The van der Waals surface area contributed by atoms with E-state index in [1.165, 1.54) is 4.57 Å². The Morgan fingerprint density at radius 1 is 0.952 bits per heavy atom. The van der Waals surface area contributed by atoms with Gasteiger partial charge in [-0.25, -0.2) is 13.8 Å². The molecule has 0 spiro atoms. The van der Waals surface area contributed by atoms with Crippen molar-refractivity contribution >= 4 is 74.0 Å². The molecular formula is C44H50ClF2N11O4. The monoisotopic (exact) mass is 869 g/mol. The van der Waals surface area contributed by atoms with Gasteiger partial charge in [0.25, 0.3) is 5.56 Å². The van der Waals surface area contributed by atoms with Gasteiger partial charge in [-0.1, -0.05) is 23.7 Å². The Balaban J connectivity index is 0.790. The van der Waals surface area contributed by atoms with E-state index in [0.29, 0.717) is 71.0 Å². The van der Waals surface area contributed by atoms with Crippen molar-refractivity contribution in [3.63, 3.8) is 0 Å². The van der Waals surface area contributed by atoms with Crippen LogP contribution in [0.2, 0.25) is 5.02 Å². The molecule has 5 aliphatic rings. The number of piperidine rings is 2. The number of carbonyl (C=O) groups excluding carboxylic acids is 2. The molecular weight excluding hydrogens is 820 g/mol. The molecule has 2 unspecified atom stereocenters. The van der Waals surface area contributed by atoms with E-state index in [2.05, 4.69) is 48.6 Å². The van der Waals surface area contributed by atoms with E-state index in [0.717, 1.165) is 74.4 Å². The topological polar surface area (TPSA) is 155 Å². The highest BCUT2D eigenvalue weighted by molar-refractivity contribution is 6.33. The average molecular weight is 870 g/mol. The van der Waals surface area contributed by atoms with Crippen molar-refractivity contribution in [2.24, 2.45) is 25.9 Å². The molecule has 0 radical (unpaired) electrons. The maximum absolute atomic E-state index is 15.2. The summed E-state index contributed by atoms with van der Waals surface area (Å²) in [5, 5.41) is 15.5. The van der Waals surface area contributed by atoms with Crippen LogP contribution < -0.4 is 36.0 Å². The van der Waals surface area contributed by atoms with Crippen molar-refractivity contribution in [3.05, 3.63) is 63.7 Å². The van der Waals surface area contributed by atoms with Crippen LogP contribution in [0.1, 0.15) is 57.1 Å². The van der Waals surface area contributed by atoms with Crippen molar-refractivity contribution in [2.75, 3.05) is 66.3 Å². The summed E-state index contributed by atoms with van der Waals surface area (Å²) >= 11 is 6.65.